The third kappa shape index (κ3) is 3.35. The van der Waals surface area contributed by atoms with Crippen molar-refractivity contribution in [3.05, 3.63) is 28.8 Å². The van der Waals surface area contributed by atoms with Gasteiger partial charge in [-0.1, -0.05) is 11.6 Å². The van der Waals surface area contributed by atoms with E-state index in [1.165, 1.54) is 31.2 Å². The van der Waals surface area contributed by atoms with E-state index >= 15 is 0 Å². The Morgan fingerprint density at radius 1 is 1.47 bits per heavy atom. The van der Waals surface area contributed by atoms with Crippen molar-refractivity contribution in [1.29, 1.82) is 0 Å². The molecule has 0 spiro atoms. The number of benzene rings is 1. The Kier molecular flexibility index (Phi) is 4.34. The molecular weight excluding hydrogens is 244 g/mol. The van der Waals surface area contributed by atoms with Crippen LogP contribution >= 0.6 is 11.6 Å². The fourth-order valence-electron chi connectivity index (χ4n) is 1.24. The number of amides is 1. The topological polar surface area (TPSA) is 72.6 Å². The zero-order valence-electron chi connectivity index (χ0n) is 9.57. The van der Waals surface area contributed by atoms with Crippen molar-refractivity contribution in [2.75, 3.05) is 26.4 Å². The number of hydrogen-bond acceptors (Lipinski definition) is 4. The van der Waals surface area contributed by atoms with Gasteiger partial charge in [0.15, 0.2) is 0 Å². The number of esters is 1. The molecule has 0 atom stereocenters. The van der Waals surface area contributed by atoms with Gasteiger partial charge >= 0.3 is 5.97 Å². The predicted molar refractivity (Wildman–Crippen MR) is 64.8 cm³/mol. The summed E-state index contributed by atoms with van der Waals surface area (Å²) >= 11 is 5.90. The second-order valence-corrected chi connectivity index (χ2v) is 3.88. The summed E-state index contributed by atoms with van der Waals surface area (Å²) in [7, 11) is 2.75. The highest BCUT2D eigenvalue weighted by Gasteiger charge is 2.17. The summed E-state index contributed by atoms with van der Waals surface area (Å²) in [5.74, 6) is -0.854. The minimum absolute atomic E-state index is 0.129. The molecule has 2 N–H and O–H groups in total. The minimum atomic E-state index is -0.493. The van der Waals surface area contributed by atoms with Crippen molar-refractivity contribution < 1.29 is 14.3 Å². The van der Waals surface area contributed by atoms with Crippen LogP contribution in [0.5, 0.6) is 0 Å². The van der Waals surface area contributed by atoms with E-state index in [1.807, 2.05) is 0 Å². The smallest absolute Gasteiger partial charge is 0.325 e. The lowest BCUT2D eigenvalue weighted by molar-refractivity contribution is -0.141. The van der Waals surface area contributed by atoms with Crippen molar-refractivity contribution in [2.45, 2.75) is 0 Å². The summed E-state index contributed by atoms with van der Waals surface area (Å²) in [5, 5.41) is 0.256. The first-order valence-corrected chi connectivity index (χ1v) is 5.20. The molecule has 1 aromatic carbocycles. The van der Waals surface area contributed by atoms with Gasteiger partial charge in [-0.2, -0.15) is 0 Å². The Bertz CT molecular complexity index is 448. The molecule has 0 saturated carbocycles. The summed E-state index contributed by atoms with van der Waals surface area (Å²) in [5.41, 5.74) is 6.30. The molecule has 0 aliphatic rings. The molecule has 0 aliphatic heterocycles. The number of nitrogen functional groups attached to an aromatic ring is 1. The molecule has 0 unspecified atom stereocenters. The lowest BCUT2D eigenvalue weighted by atomic mass is 10.2. The van der Waals surface area contributed by atoms with Gasteiger partial charge in [0.2, 0.25) is 0 Å². The average molecular weight is 257 g/mol. The lowest BCUT2D eigenvalue weighted by Gasteiger charge is -2.16. The quantitative estimate of drug-likeness (QED) is 0.651. The molecule has 0 aliphatic carbocycles. The number of anilines is 1. The van der Waals surface area contributed by atoms with Crippen LogP contribution in [0.25, 0.3) is 0 Å². The highest BCUT2D eigenvalue weighted by molar-refractivity contribution is 6.34. The van der Waals surface area contributed by atoms with E-state index < -0.39 is 5.97 Å². The van der Waals surface area contributed by atoms with Crippen LogP contribution in [0.15, 0.2) is 18.2 Å². The maximum atomic E-state index is 11.9. The van der Waals surface area contributed by atoms with Gasteiger partial charge in [-0.05, 0) is 18.2 Å². The Balaban J connectivity index is 2.85. The van der Waals surface area contributed by atoms with Gasteiger partial charge in [-0.15, -0.1) is 0 Å². The molecular formula is C11H13ClN2O3. The van der Waals surface area contributed by atoms with E-state index in [0.717, 1.165) is 0 Å². The molecule has 1 amide bonds. The molecule has 0 radical (unpaired) electrons. The Hall–Kier alpha value is -1.75. The Morgan fingerprint density at radius 2 is 2.12 bits per heavy atom. The Morgan fingerprint density at radius 3 is 2.65 bits per heavy atom. The molecule has 0 heterocycles. The van der Waals surface area contributed by atoms with Crippen LogP contribution in [0.2, 0.25) is 5.02 Å². The molecule has 1 rings (SSSR count). The van der Waals surface area contributed by atoms with Gasteiger partial charge in [-0.25, -0.2) is 0 Å². The highest BCUT2D eigenvalue weighted by Crippen LogP contribution is 2.20. The zero-order valence-corrected chi connectivity index (χ0v) is 10.3. The first-order chi connectivity index (χ1) is 7.95. The van der Waals surface area contributed by atoms with E-state index in [4.69, 9.17) is 17.3 Å². The molecule has 6 heteroatoms. The number of hydrogen-bond donors (Lipinski definition) is 1. The summed E-state index contributed by atoms with van der Waals surface area (Å²) in [4.78, 5) is 24.2. The summed E-state index contributed by atoms with van der Waals surface area (Å²) in [6, 6.07) is 4.58. The maximum Gasteiger partial charge on any atom is 0.325 e. The van der Waals surface area contributed by atoms with Crippen molar-refractivity contribution >= 4 is 29.2 Å². The number of likely N-dealkylation sites (N-methyl/N-ethyl adjacent to an activating group) is 1. The first kappa shape index (κ1) is 13.3. The van der Waals surface area contributed by atoms with E-state index in [1.54, 1.807) is 6.07 Å². The first-order valence-electron chi connectivity index (χ1n) is 4.83. The second-order valence-electron chi connectivity index (χ2n) is 3.48. The Labute approximate surface area is 104 Å². The molecule has 5 nitrogen and oxygen atoms in total. The summed E-state index contributed by atoms with van der Waals surface area (Å²) in [6.45, 7) is -0.129. The lowest BCUT2D eigenvalue weighted by Crippen LogP contribution is -2.32. The number of ether oxygens (including phenoxy) is 1. The normalized spacial score (nSPS) is 9.82. The van der Waals surface area contributed by atoms with E-state index in [-0.39, 0.29) is 17.5 Å². The maximum absolute atomic E-state index is 11.9. The van der Waals surface area contributed by atoms with Gasteiger partial charge in [-0.3, -0.25) is 9.59 Å². The van der Waals surface area contributed by atoms with Crippen LogP contribution < -0.4 is 5.73 Å². The molecule has 17 heavy (non-hydrogen) atoms. The number of nitrogens with two attached hydrogens (primary N) is 1. The van der Waals surface area contributed by atoms with Crippen LogP contribution in [0.1, 0.15) is 10.4 Å². The molecule has 1 aromatic rings. The van der Waals surface area contributed by atoms with Crippen LogP contribution in [0.3, 0.4) is 0 Å². The molecule has 0 bridgehead atoms. The molecule has 0 aromatic heterocycles. The SMILES string of the molecule is COC(=O)CN(C)C(=O)c1ccc(N)cc1Cl. The van der Waals surface area contributed by atoms with Gasteiger partial charge in [0.25, 0.3) is 5.91 Å². The molecule has 0 fully saturated rings. The standard InChI is InChI=1S/C11H13ClN2O3/c1-14(6-10(15)17-2)11(16)8-4-3-7(13)5-9(8)12/h3-5H,6,13H2,1-2H3. The largest absolute Gasteiger partial charge is 0.468 e. The second kappa shape index (κ2) is 5.54. The number of nitrogens with zero attached hydrogens (tertiary/aromatic N) is 1. The minimum Gasteiger partial charge on any atom is -0.468 e. The van der Waals surface area contributed by atoms with Gasteiger partial charge in [0, 0.05) is 12.7 Å². The van der Waals surface area contributed by atoms with Crippen LogP contribution in [0, 0.1) is 0 Å². The van der Waals surface area contributed by atoms with Crippen molar-refractivity contribution in [2.24, 2.45) is 0 Å². The van der Waals surface area contributed by atoms with Gasteiger partial charge in [0.1, 0.15) is 6.54 Å². The van der Waals surface area contributed by atoms with E-state index in [9.17, 15) is 9.59 Å². The van der Waals surface area contributed by atoms with Gasteiger partial charge in [0.05, 0.1) is 17.7 Å². The summed E-state index contributed by atoms with van der Waals surface area (Å²) < 4.78 is 4.47. The zero-order chi connectivity index (χ0) is 13.0. The third-order valence-electron chi connectivity index (χ3n) is 2.16. The van der Waals surface area contributed by atoms with Crippen molar-refractivity contribution in [3.8, 4) is 0 Å². The fourth-order valence-corrected chi connectivity index (χ4v) is 1.51. The number of carbonyl (C=O) groups is 2. The molecule has 0 saturated heterocycles. The van der Waals surface area contributed by atoms with Crippen molar-refractivity contribution in [1.82, 2.24) is 4.90 Å². The monoisotopic (exact) mass is 256 g/mol. The highest BCUT2D eigenvalue weighted by atomic mass is 35.5. The van der Waals surface area contributed by atoms with E-state index in [2.05, 4.69) is 4.74 Å². The number of halogens is 1. The summed E-state index contributed by atoms with van der Waals surface area (Å²) in [6.07, 6.45) is 0. The fraction of sp³-hybridized carbons (Fsp3) is 0.273. The van der Waals surface area contributed by atoms with Crippen molar-refractivity contribution in [3.63, 3.8) is 0 Å². The van der Waals surface area contributed by atoms with Crippen LogP contribution in [0.4, 0.5) is 5.69 Å². The number of methoxy groups -OCH3 is 1. The average Bonchev–Trinajstić information content (AvgIpc) is 2.28. The number of rotatable bonds is 3. The van der Waals surface area contributed by atoms with Gasteiger partial charge < -0.3 is 15.4 Å². The third-order valence-corrected chi connectivity index (χ3v) is 2.48. The van der Waals surface area contributed by atoms with E-state index in [0.29, 0.717) is 11.3 Å². The van der Waals surface area contributed by atoms with Crippen LogP contribution in [-0.2, 0) is 9.53 Å². The number of carbonyl (C=O) groups excluding carboxylic acids is 2. The predicted octanol–water partition coefficient (Wildman–Crippen LogP) is 1.17. The molecule has 92 valence electrons. The van der Waals surface area contributed by atoms with Crippen LogP contribution in [-0.4, -0.2) is 37.5 Å².